The fraction of sp³-hybridized carbons (Fsp3) is 0.200. The number of nitrogens with one attached hydrogen (secondary N) is 1. The molecule has 0 saturated carbocycles. The Morgan fingerprint density at radius 3 is 2.38 bits per heavy atom. The highest BCUT2D eigenvalue weighted by Crippen LogP contribution is 2.25. The van der Waals surface area contributed by atoms with E-state index in [-0.39, 0.29) is 17.2 Å². The Kier molecular flexibility index (Phi) is 4.18. The van der Waals surface area contributed by atoms with Crippen molar-refractivity contribution in [2.75, 3.05) is 5.32 Å². The number of aromatic carboxylic acids is 1. The largest absolute Gasteiger partial charge is 0.478 e. The highest BCUT2D eigenvalue weighted by Gasteiger charge is 2.20. The second-order valence-electron chi connectivity index (χ2n) is 4.66. The van der Waals surface area contributed by atoms with Crippen molar-refractivity contribution in [2.45, 2.75) is 20.8 Å². The molecule has 1 amide bonds. The number of carbonyl (C=O) groups excluding carboxylic acids is 1. The third-order valence-corrected chi connectivity index (χ3v) is 3.74. The van der Waals surface area contributed by atoms with E-state index in [0.29, 0.717) is 21.6 Å². The van der Waals surface area contributed by atoms with Gasteiger partial charge in [0.15, 0.2) is 0 Å². The standard InChI is InChI=1S/C15H14BrNO4/c1-7-8(2)21-9(3)13(7)14(18)17-12-6-10(16)4-5-11(12)15(19)20/h4-6H,1-3H3,(H,17,18)(H,19,20). The van der Waals surface area contributed by atoms with Crippen LogP contribution < -0.4 is 5.32 Å². The molecule has 0 radical (unpaired) electrons. The molecule has 1 aromatic heterocycles. The van der Waals surface area contributed by atoms with Gasteiger partial charge in [-0.25, -0.2) is 4.79 Å². The first-order valence-electron chi connectivity index (χ1n) is 6.22. The van der Waals surface area contributed by atoms with Gasteiger partial charge in [-0.05, 0) is 39.0 Å². The monoisotopic (exact) mass is 351 g/mol. The molecule has 0 aliphatic heterocycles. The molecular weight excluding hydrogens is 338 g/mol. The Labute approximate surface area is 130 Å². The summed E-state index contributed by atoms with van der Waals surface area (Å²) < 4.78 is 6.10. The number of hydrogen-bond acceptors (Lipinski definition) is 3. The molecule has 2 rings (SSSR count). The number of anilines is 1. The normalized spacial score (nSPS) is 10.5. The summed E-state index contributed by atoms with van der Waals surface area (Å²) >= 11 is 3.26. The molecule has 0 aliphatic carbocycles. The summed E-state index contributed by atoms with van der Waals surface area (Å²) in [4.78, 5) is 23.6. The number of amides is 1. The Morgan fingerprint density at radius 2 is 1.86 bits per heavy atom. The molecule has 0 aliphatic rings. The summed E-state index contributed by atoms with van der Waals surface area (Å²) in [5.41, 5.74) is 1.45. The SMILES string of the molecule is Cc1oc(C)c(C(=O)Nc2cc(Br)ccc2C(=O)O)c1C. The molecule has 1 aromatic carbocycles. The smallest absolute Gasteiger partial charge is 0.337 e. The van der Waals surface area contributed by atoms with Crippen LogP contribution in [0.3, 0.4) is 0 Å². The number of benzene rings is 1. The first-order chi connectivity index (χ1) is 9.81. The summed E-state index contributed by atoms with van der Waals surface area (Å²) in [6.45, 7) is 5.27. The van der Waals surface area contributed by atoms with Crippen LogP contribution in [0.4, 0.5) is 5.69 Å². The number of rotatable bonds is 3. The molecule has 2 aromatic rings. The molecule has 0 spiro atoms. The van der Waals surface area contributed by atoms with E-state index in [0.717, 1.165) is 5.56 Å². The lowest BCUT2D eigenvalue weighted by Crippen LogP contribution is -2.16. The van der Waals surface area contributed by atoms with E-state index < -0.39 is 5.97 Å². The number of carbonyl (C=O) groups is 2. The zero-order valence-electron chi connectivity index (χ0n) is 11.8. The van der Waals surface area contributed by atoms with Gasteiger partial charge in [0.2, 0.25) is 0 Å². The average Bonchev–Trinajstić information content (AvgIpc) is 2.62. The van der Waals surface area contributed by atoms with E-state index in [9.17, 15) is 9.59 Å². The quantitative estimate of drug-likeness (QED) is 0.878. The Hall–Kier alpha value is -2.08. The van der Waals surface area contributed by atoms with E-state index in [4.69, 9.17) is 9.52 Å². The molecule has 0 saturated heterocycles. The highest BCUT2D eigenvalue weighted by atomic mass is 79.9. The maximum Gasteiger partial charge on any atom is 0.337 e. The third kappa shape index (κ3) is 3.00. The first-order valence-corrected chi connectivity index (χ1v) is 7.01. The Morgan fingerprint density at radius 1 is 1.19 bits per heavy atom. The van der Waals surface area contributed by atoms with Gasteiger partial charge in [0.1, 0.15) is 11.5 Å². The van der Waals surface area contributed by atoms with Crippen LogP contribution in [0.15, 0.2) is 27.1 Å². The zero-order chi connectivity index (χ0) is 15.7. The maximum atomic E-state index is 12.4. The second kappa shape index (κ2) is 5.73. The lowest BCUT2D eigenvalue weighted by atomic mass is 10.1. The van der Waals surface area contributed by atoms with E-state index in [1.165, 1.54) is 6.07 Å². The van der Waals surface area contributed by atoms with Crippen molar-refractivity contribution >= 4 is 33.5 Å². The van der Waals surface area contributed by atoms with Crippen molar-refractivity contribution in [3.8, 4) is 0 Å². The summed E-state index contributed by atoms with van der Waals surface area (Å²) in [7, 11) is 0. The molecule has 110 valence electrons. The molecule has 0 unspecified atom stereocenters. The minimum absolute atomic E-state index is 0.0297. The number of carboxylic acid groups (broad SMARTS) is 1. The minimum atomic E-state index is -1.10. The second-order valence-corrected chi connectivity index (χ2v) is 5.58. The van der Waals surface area contributed by atoms with Gasteiger partial charge in [0.25, 0.3) is 5.91 Å². The molecule has 0 bridgehead atoms. The number of furan rings is 1. The van der Waals surface area contributed by atoms with Crippen LogP contribution in [0, 0.1) is 20.8 Å². The van der Waals surface area contributed by atoms with Gasteiger partial charge in [-0.15, -0.1) is 0 Å². The van der Waals surface area contributed by atoms with Crippen LogP contribution in [0.1, 0.15) is 37.8 Å². The van der Waals surface area contributed by atoms with Crippen LogP contribution in [0.25, 0.3) is 0 Å². The predicted octanol–water partition coefficient (Wildman–Crippen LogP) is 3.92. The summed E-state index contributed by atoms with van der Waals surface area (Å²) in [6, 6.07) is 4.60. The molecule has 6 heteroatoms. The van der Waals surface area contributed by atoms with Gasteiger partial charge in [-0.2, -0.15) is 0 Å². The highest BCUT2D eigenvalue weighted by molar-refractivity contribution is 9.10. The fourth-order valence-electron chi connectivity index (χ4n) is 2.12. The number of carboxylic acids is 1. The van der Waals surface area contributed by atoms with Crippen LogP contribution in [0.5, 0.6) is 0 Å². The van der Waals surface area contributed by atoms with Crippen LogP contribution in [-0.4, -0.2) is 17.0 Å². The predicted molar refractivity (Wildman–Crippen MR) is 82.0 cm³/mol. The first kappa shape index (κ1) is 15.3. The van der Waals surface area contributed by atoms with Crippen LogP contribution in [-0.2, 0) is 0 Å². The van der Waals surface area contributed by atoms with Gasteiger partial charge >= 0.3 is 5.97 Å². The lowest BCUT2D eigenvalue weighted by molar-refractivity contribution is 0.0698. The average molecular weight is 352 g/mol. The minimum Gasteiger partial charge on any atom is -0.478 e. The lowest BCUT2D eigenvalue weighted by Gasteiger charge is -2.09. The number of hydrogen-bond donors (Lipinski definition) is 2. The van der Waals surface area contributed by atoms with Crippen molar-refractivity contribution in [1.82, 2.24) is 0 Å². The maximum absolute atomic E-state index is 12.4. The van der Waals surface area contributed by atoms with Crippen LogP contribution >= 0.6 is 15.9 Å². The van der Waals surface area contributed by atoms with E-state index in [1.807, 2.05) is 0 Å². The molecule has 0 fully saturated rings. The van der Waals surface area contributed by atoms with E-state index >= 15 is 0 Å². The van der Waals surface area contributed by atoms with Crippen molar-refractivity contribution in [1.29, 1.82) is 0 Å². The topological polar surface area (TPSA) is 79.5 Å². The van der Waals surface area contributed by atoms with Crippen molar-refractivity contribution in [2.24, 2.45) is 0 Å². The molecular formula is C15H14BrNO4. The Bertz CT molecular complexity index is 734. The fourth-order valence-corrected chi connectivity index (χ4v) is 2.48. The molecule has 1 heterocycles. The van der Waals surface area contributed by atoms with Crippen LogP contribution in [0.2, 0.25) is 0 Å². The molecule has 5 nitrogen and oxygen atoms in total. The summed E-state index contributed by atoms with van der Waals surface area (Å²) in [6.07, 6.45) is 0. The third-order valence-electron chi connectivity index (χ3n) is 3.25. The van der Waals surface area contributed by atoms with E-state index in [1.54, 1.807) is 32.9 Å². The van der Waals surface area contributed by atoms with Gasteiger partial charge in [0.05, 0.1) is 16.8 Å². The van der Waals surface area contributed by atoms with Crippen molar-refractivity contribution in [3.05, 3.63) is 50.9 Å². The molecule has 0 atom stereocenters. The Balaban J connectivity index is 2.40. The van der Waals surface area contributed by atoms with Crippen molar-refractivity contribution < 1.29 is 19.1 Å². The van der Waals surface area contributed by atoms with Crippen molar-refractivity contribution in [3.63, 3.8) is 0 Å². The van der Waals surface area contributed by atoms with E-state index in [2.05, 4.69) is 21.2 Å². The van der Waals surface area contributed by atoms with Gasteiger partial charge in [-0.1, -0.05) is 15.9 Å². The number of aryl methyl sites for hydroxylation is 2. The zero-order valence-corrected chi connectivity index (χ0v) is 13.4. The molecule has 21 heavy (non-hydrogen) atoms. The van der Waals surface area contributed by atoms with Gasteiger partial charge < -0.3 is 14.8 Å². The number of halogens is 1. The summed E-state index contributed by atoms with van der Waals surface area (Å²) in [5.74, 6) is -0.309. The van der Waals surface area contributed by atoms with Gasteiger partial charge in [0, 0.05) is 10.0 Å². The molecule has 2 N–H and O–H groups in total. The van der Waals surface area contributed by atoms with Gasteiger partial charge in [-0.3, -0.25) is 4.79 Å². The summed E-state index contributed by atoms with van der Waals surface area (Å²) in [5, 5.41) is 11.8.